The van der Waals surface area contributed by atoms with Gasteiger partial charge in [-0.2, -0.15) is 5.10 Å². The molecule has 0 bridgehead atoms. The van der Waals surface area contributed by atoms with Gasteiger partial charge in [0.15, 0.2) is 5.78 Å². The van der Waals surface area contributed by atoms with Gasteiger partial charge in [-0.1, -0.05) is 0 Å². The van der Waals surface area contributed by atoms with Crippen LogP contribution >= 0.6 is 12.4 Å². The number of hydrogen-bond acceptors (Lipinski definition) is 8. The van der Waals surface area contributed by atoms with Gasteiger partial charge in [-0.15, -0.1) is 12.4 Å². The Kier molecular flexibility index (Phi) is 6.49. The number of aliphatic hydroxyl groups excluding tert-OH is 1. The van der Waals surface area contributed by atoms with E-state index in [0.29, 0.717) is 36.3 Å². The molecule has 0 unspecified atom stereocenters. The molecule has 0 spiro atoms. The molecule has 2 aliphatic rings. The van der Waals surface area contributed by atoms with Gasteiger partial charge >= 0.3 is 0 Å². The number of aromatic nitrogens is 2. The number of ketones is 1. The second-order valence-corrected chi connectivity index (χ2v) is 8.37. The SMILES string of the molecule is CN1CCN(c2ccc3c4c(nn3CCNCCO)-c3c(O)ccc(O)c3C(=O)c24)CC1.Cl. The number of aliphatic hydroxyl groups is 1. The summed E-state index contributed by atoms with van der Waals surface area (Å²) in [6, 6.07) is 6.69. The van der Waals surface area contributed by atoms with Crippen LogP contribution in [0.25, 0.3) is 22.2 Å². The summed E-state index contributed by atoms with van der Waals surface area (Å²) < 4.78 is 1.82. The summed E-state index contributed by atoms with van der Waals surface area (Å²) in [5.74, 6) is -0.529. The number of phenolic OH excluding ortho intramolecular Hbond substituents is 2. The Labute approximate surface area is 197 Å². The number of carbonyl (C=O) groups excluding carboxylic acids is 1. The second kappa shape index (κ2) is 9.18. The molecule has 1 saturated heterocycles. The largest absolute Gasteiger partial charge is 0.507 e. The van der Waals surface area contributed by atoms with Crippen molar-refractivity contribution in [1.29, 1.82) is 0 Å². The number of piperazine rings is 1. The lowest BCUT2D eigenvalue weighted by Crippen LogP contribution is -2.45. The van der Waals surface area contributed by atoms with Gasteiger partial charge in [0.25, 0.3) is 0 Å². The van der Waals surface area contributed by atoms with Gasteiger partial charge in [-0.25, -0.2) is 0 Å². The van der Waals surface area contributed by atoms with Crippen LogP contribution in [-0.2, 0) is 6.54 Å². The molecule has 176 valence electrons. The predicted molar refractivity (Wildman–Crippen MR) is 129 cm³/mol. The Hall–Kier alpha value is -2.85. The lowest BCUT2D eigenvalue weighted by Gasteiger charge is -2.35. The van der Waals surface area contributed by atoms with Gasteiger partial charge in [0, 0.05) is 50.3 Å². The van der Waals surface area contributed by atoms with Crippen LogP contribution in [0.3, 0.4) is 0 Å². The van der Waals surface area contributed by atoms with Gasteiger partial charge in [0.2, 0.25) is 0 Å². The lowest BCUT2D eigenvalue weighted by atomic mass is 9.85. The summed E-state index contributed by atoms with van der Waals surface area (Å²) in [7, 11) is 2.08. The minimum atomic E-state index is -0.293. The summed E-state index contributed by atoms with van der Waals surface area (Å²) in [5.41, 5.74) is 3.07. The van der Waals surface area contributed by atoms with E-state index in [1.807, 2.05) is 16.8 Å². The fourth-order valence-corrected chi connectivity index (χ4v) is 4.71. The van der Waals surface area contributed by atoms with Crippen LogP contribution < -0.4 is 10.2 Å². The van der Waals surface area contributed by atoms with E-state index in [1.165, 1.54) is 12.1 Å². The third-order valence-corrected chi connectivity index (χ3v) is 6.38. The van der Waals surface area contributed by atoms with E-state index in [0.717, 1.165) is 37.4 Å². The van der Waals surface area contributed by atoms with Crippen LogP contribution in [0.2, 0.25) is 0 Å². The van der Waals surface area contributed by atoms with E-state index >= 15 is 0 Å². The molecule has 1 aliphatic heterocycles. The second-order valence-electron chi connectivity index (χ2n) is 8.37. The zero-order chi connectivity index (χ0) is 22.4. The van der Waals surface area contributed by atoms with Crippen molar-refractivity contribution in [1.82, 2.24) is 20.0 Å². The summed E-state index contributed by atoms with van der Waals surface area (Å²) in [6.07, 6.45) is 0. The van der Waals surface area contributed by atoms with Crippen LogP contribution in [0.4, 0.5) is 5.69 Å². The van der Waals surface area contributed by atoms with Crippen molar-refractivity contribution in [3.63, 3.8) is 0 Å². The van der Waals surface area contributed by atoms with Crippen molar-refractivity contribution in [3.05, 3.63) is 35.4 Å². The number of rotatable bonds is 6. The van der Waals surface area contributed by atoms with Crippen LogP contribution in [-0.4, -0.2) is 88.7 Å². The number of carbonyl (C=O) groups is 1. The van der Waals surface area contributed by atoms with Gasteiger partial charge in [-0.05, 0) is 31.3 Å². The summed E-state index contributed by atoms with van der Waals surface area (Å²) >= 11 is 0. The van der Waals surface area contributed by atoms with Crippen molar-refractivity contribution in [2.75, 3.05) is 57.8 Å². The van der Waals surface area contributed by atoms with Crippen LogP contribution in [0.15, 0.2) is 24.3 Å². The smallest absolute Gasteiger partial charge is 0.200 e. The maximum absolute atomic E-state index is 13.7. The van der Waals surface area contributed by atoms with E-state index in [9.17, 15) is 15.0 Å². The number of likely N-dealkylation sites (N-methyl/N-ethyl adjacent to an activating group) is 1. The van der Waals surface area contributed by atoms with Gasteiger partial charge in [0.05, 0.1) is 35.4 Å². The topological polar surface area (TPSA) is 114 Å². The molecule has 0 amide bonds. The zero-order valence-electron chi connectivity index (χ0n) is 18.4. The van der Waals surface area contributed by atoms with Gasteiger partial charge in [-0.3, -0.25) is 9.48 Å². The molecule has 0 radical (unpaired) electrons. The molecule has 9 nitrogen and oxygen atoms in total. The molecule has 1 aromatic heterocycles. The van der Waals surface area contributed by atoms with Crippen molar-refractivity contribution in [3.8, 4) is 22.8 Å². The van der Waals surface area contributed by atoms with Gasteiger partial charge in [0.1, 0.15) is 17.2 Å². The fourth-order valence-electron chi connectivity index (χ4n) is 4.71. The Morgan fingerprint density at radius 1 is 0.970 bits per heavy atom. The number of nitrogens with one attached hydrogen (secondary N) is 1. The number of hydrogen-bond donors (Lipinski definition) is 4. The molecule has 1 fully saturated rings. The summed E-state index contributed by atoms with van der Waals surface area (Å²) in [6.45, 7) is 5.07. The molecule has 2 heterocycles. The highest BCUT2D eigenvalue weighted by atomic mass is 35.5. The average molecular weight is 474 g/mol. The summed E-state index contributed by atoms with van der Waals surface area (Å²) in [5, 5.41) is 38.8. The first-order valence-corrected chi connectivity index (χ1v) is 10.9. The van der Waals surface area contributed by atoms with Crippen LogP contribution in [0.1, 0.15) is 15.9 Å². The fraction of sp³-hybridized carbons (Fsp3) is 0.391. The molecule has 5 rings (SSSR count). The monoisotopic (exact) mass is 473 g/mol. The van der Waals surface area contributed by atoms with Gasteiger partial charge < -0.3 is 30.4 Å². The first kappa shape index (κ1) is 23.3. The van der Waals surface area contributed by atoms with E-state index in [2.05, 4.69) is 22.2 Å². The molecule has 10 heteroatoms. The molecular weight excluding hydrogens is 446 g/mol. The third kappa shape index (κ3) is 3.80. The molecule has 1 aliphatic carbocycles. The molecule has 0 atom stereocenters. The van der Waals surface area contributed by atoms with Crippen molar-refractivity contribution in [2.45, 2.75) is 6.54 Å². The number of fused-ring (bicyclic) bond motifs is 2. The highest BCUT2D eigenvalue weighted by molar-refractivity contribution is 6.29. The Bertz CT molecular complexity index is 1200. The van der Waals surface area contributed by atoms with Crippen LogP contribution in [0.5, 0.6) is 11.5 Å². The zero-order valence-corrected chi connectivity index (χ0v) is 19.2. The van der Waals surface area contributed by atoms with E-state index < -0.39 is 0 Å². The molecule has 0 saturated carbocycles. The Balaban J connectivity index is 0.00000259. The maximum Gasteiger partial charge on any atom is 0.200 e. The number of aromatic hydroxyl groups is 2. The van der Waals surface area contributed by atoms with Crippen LogP contribution in [0, 0.1) is 0 Å². The first-order valence-electron chi connectivity index (χ1n) is 10.9. The predicted octanol–water partition coefficient (Wildman–Crippen LogP) is 1.41. The minimum absolute atomic E-state index is 0. The highest BCUT2D eigenvalue weighted by Crippen LogP contribution is 2.48. The standard InChI is InChI=1S/C23H27N5O4.ClH/c1-26-9-11-27(12-10-26)14-2-3-15-18-19(14)23(32)21-17(31)5-4-16(30)20(21)22(18)25-28(15)8-6-24-7-13-29;/h2-5,24,29-31H,6-13H2,1H3;1H. The van der Waals surface area contributed by atoms with Crippen molar-refractivity contribution >= 4 is 34.8 Å². The molecule has 2 aromatic carbocycles. The quantitative estimate of drug-likeness (QED) is 0.245. The van der Waals surface area contributed by atoms with E-state index in [-0.39, 0.29) is 47.4 Å². The van der Waals surface area contributed by atoms with E-state index in [1.54, 1.807) is 0 Å². The number of halogens is 1. The Morgan fingerprint density at radius 2 is 1.67 bits per heavy atom. The normalized spacial score (nSPS) is 15.6. The summed E-state index contributed by atoms with van der Waals surface area (Å²) in [4.78, 5) is 18.2. The van der Waals surface area contributed by atoms with Crippen molar-refractivity contribution in [2.24, 2.45) is 0 Å². The highest BCUT2D eigenvalue weighted by Gasteiger charge is 2.36. The average Bonchev–Trinajstić information content (AvgIpc) is 3.16. The molecule has 3 aromatic rings. The third-order valence-electron chi connectivity index (χ3n) is 6.38. The number of phenols is 2. The number of anilines is 1. The first-order chi connectivity index (χ1) is 15.5. The van der Waals surface area contributed by atoms with E-state index in [4.69, 9.17) is 10.2 Å². The molecule has 33 heavy (non-hydrogen) atoms. The van der Waals surface area contributed by atoms with Crippen molar-refractivity contribution < 1.29 is 20.1 Å². The molecular formula is C23H28ClN5O4. The Morgan fingerprint density at radius 3 is 2.36 bits per heavy atom. The number of benzene rings is 2. The molecule has 4 N–H and O–H groups in total. The number of nitrogens with zero attached hydrogens (tertiary/aromatic N) is 4. The minimum Gasteiger partial charge on any atom is -0.507 e. The maximum atomic E-state index is 13.7. The lowest BCUT2D eigenvalue weighted by molar-refractivity contribution is 0.103.